The molecule has 3 aromatic rings. The number of aryl methyl sites for hydroxylation is 2. The van der Waals surface area contributed by atoms with Gasteiger partial charge < -0.3 is 18.8 Å². The zero-order valence-electron chi connectivity index (χ0n) is 12.5. The fourth-order valence-electron chi connectivity index (χ4n) is 2.86. The van der Waals surface area contributed by atoms with Gasteiger partial charge in [0.25, 0.3) is 0 Å². The van der Waals surface area contributed by atoms with Crippen LogP contribution in [0, 0.1) is 13.8 Å². The Morgan fingerprint density at radius 3 is 2.81 bits per heavy atom. The maximum Gasteiger partial charge on any atom is 0.340 e. The largest absolute Gasteiger partial charge is 0.504 e. The van der Waals surface area contributed by atoms with E-state index in [9.17, 15) is 9.90 Å². The quantitative estimate of drug-likeness (QED) is 0.733. The molecule has 0 unspecified atom stereocenters. The lowest BCUT2D eigenvalue weighted by atomic mass is 10.1. The van der Waals surface area contributed by atoms with Crippen LogP contribution in [-0.4, -0.2) is 22.2 Å². The van der Waals surface area contributed by atoms with E-state index in [0.717, 1.165) is 22.2 Å². The average molecular weight is 287 g/mol. The van der Waals surface area contributed by atoms with Crippen LogP contribution < -0.4 is 0 Å². The minimum absolute atomic E-state index is 0.0294. The molecule has 0 amide bonds. The zero-order valence-corrected chi connectivity index (χ0v) is 12.5. The zero-order chi connectivity index (χ0) is 15.3. The number of nitrogens with zero attached hydrogens (tertiary/aromatic N) is 1. The molecule has 5 heteroatoms. The summed E-state index contributed by atoms with van der Waals surface area (Å²) in [6, 6.07) is 1.57. The van der Waals surface area contributed by atoms with Crippen molar-refractivity contribution >= 4 is 27.8 Å². The number of benzene rings is 1. The van der Waals surface area contributed by atoms with Crippen molar-refractivity contribution < 1.29 is 19.1 Å². The first kappa shape index (κ1) is 13.5. The second-order valence-corrected chi connectivity index (χ2v) is 5.15. The van der Waals surface area contributed by atoms with Crippen LogP contribution in [0.5, 0.6) is 5.75 Å². The first-order valence-corrected chi connectivity index (χ1v) is 6.83. The number of hydrogen-bond acceptors (Lipinski definition) is 4. The molecule has 1 N–H and O–H groups in total. The van der Waals surface area contributed by atoms with E-state index in [0.29, 0.717) is 23.1 Å². The predicted molar refractivity (Wildman–Crippen MR) is 79.8 cm³/mol. The molecule has 0 aliphatic rings. The van der Waals surface area contributed by atoms with E-state index >= 15 is 0 Å². The molecule has 0 atom stereocenters. The number of hydrogen-bond donors (Lipinski definition) is 1. The van der Waals surface area contributed by atoms with Crippen molar-refractivity contribution in [1.82, 2.24) is 4.57 Å². The number of carbonyl (C=O) groups is 1. The molecule has 2 heterocycles. The number of carbonyl (C=O) groups excluding carboxylic acids is 1. The topological polar surface area (TPSA) is 64.6 Å². The van der Waals surface area contributed by atoms with Crippen molar-refractivity contribution in [2.24, 2.45) is 7.05 Å². The number of aromatic nitrogens is 1. The van der Waals surface area contributed by atoms with Crippen LogP contribution in [0.2, 0.25) is 0 Å². The Kier molecular flexibility index (Phi) is 2.93. The molecular formula is C16H17NO4. The monoisotopic (exact) mass is 287 g/mol. The number of phenols is 1. The molecule has 0 spiro atoms. The minimum atomic E-state index is -0.375. The summed E-state index contributed by atoms with van der Waals surface area (Å²) in [7, 11) is 1.89. The third-order valence-corrected chi connectivity index (χ3v) is 3.93. The molecule has 0 saturated carbocycles. The molecule has 0 fully saturated rings. The lowest BCUT2D eigenvalue weighted by Crippen LogP contribution is -2.06. The Morgan fingerprint density at radius 2 is 2.14 bits per heavy atom. The van der Waals surface area contributed by atoms with Gasteiger partial charge in [0, 0.05) is 18.1 Å². The molecule has 21 heavy (non-hydrogen) atoms. The number of aromatic hydroxyl groups is 1. The van der Waals surface area contributed by atoms with Gasteiger partial charge in [0.15, 0.2) is 11.3 Å². The average Bonchev–Trinajstić information content (AvgIpc) is 2.91. The number of rotatable bonds is 2. The van der Waals surface area contributed by atoms with Crippen molar-refractivity contribution in [2.75, 3.05) is 6.61 Å². The van der Waals surface area contributed by atoms with E-state index in [1.807, 2.05) is 25.5 Å². The smallest absolute Gasteiger partial charge is 0.340 e. The van der Waals surface area contributed by atoms with Crippen molar-refractivity contribution in [3.05, 3.63) is 29.2 Å². The van der Waals surface area contributed by atoms with E-state index < -0.39 is 0 Å². The summed E-state index contributed by atoms with van der Waals surface area (Å²) in [5.74, 6) is -0.345. The highest BCUT2D eigenvalue weighted by Crippen LogP contribution is 2.39. The summed E-state index contributed by atoms with van der Waals surface area (Å²) < 4.78 is 12.5. The van der Waals surface area contributed by atoms with Gasteiger partial charge >= 0.3 is 5.97 Å². The fraction of sp³-hybridized carbons (Fsp3) is 0.312. The predicted octanol–water partition coefficient (Wildman–Crippen LogP) is 3.42. The van der Waals surface area contributed by atoms with Gasteiger partial charge in [-0.1, -0.05) is 0 Å². The van der Waals surface area contributed by atoms with Gasteiger partial charge in [0.2, 0.25) is 0 Å². The van der Waals surface area contributed by atoms with Crippen LogP contribution in [0.15, 0.2) is 16.7 Å². The molecule has 110 valence electrons. The number of furan rings is 1. The highest BCUT2D eigenvalue weighted by Gasteiger charge is 2.24. The van der Waals surface area contributed by atoms with Gasteiger partial charge in [-0.3, -0.25) is 0 Å². The van der Waals surface area contributed by atoms with Crippen LogP contribution in [0.3, 0.4) is 0 Å². The molecule has 0 aliphatic carbocycles. The third-order valence-electron chi connectivity index (χ3n) is 3.93. The molecular weight excluding hydrogens is 270 g/mol. The molecule has 0 saturated heterocycles. The summed E-state index contributed by atoms with van der Waals surface area (Å²) in [5, 5.41) is 11.7. The highest BCUT2D eigenvalue weighted by atomic mass is 16.5. The van der Waals surface area contributed by atoms with E-state index in [-0.39, 0.29) is 11.7 Å². The van der Waals surface area contributed by atoms with Gasteiger partial charge in [-0.2, -0.15) is 0 Å². The van der Waals surface area contributed by atoms with Crippen LogP contribution in [-0.2, 0) is 11.8 Å². The highest BCUT2D eigenvalue weighted by molar-refractivity contribution is 6.16. The lowest BCUT2D eigenvalue weighted by molar-refractivity contribution is 0.0527. The summed E-state index contributed by atoms with van der Waals surface area (Å²) in [6.07, 6.45) is 1.61. The normalized spacial score (nSPS) is 11.4. The molecule has 0 radical (unpaired) electrons. The van der Waals surface area contributed by atoms with Crippen molar-refractivity contribution in [3.63, 3.8) is 0 Å². The van der Waals surface area contributed by atoms with Crippen molar-refractivity contribution in [3.8, 4) is 5.75 Å². The van der Waals surface area contributed by atoms with Gasteiger partial charge in [-0.15, -0.1) is 0 Å². The Hall–Kier alpha value is -2.43. The molecule has 2 aromatic heterocycles. The van der Waals surface area contributed by atoms with E-state index in [4.69, 9.17) is 9.15 Å². The number of esters is 1. The van der Waals surface area contributed by atoms with Crippen molar-refractivity contribution in [2.45, 2.75) is 20.8 Å². The Morgan fingerprint density at radius 1 is 1.43 bits per heavy atom. The Bertz CT molecular complexity index is 870. The van der Waals surface area contributed by atoms with E-state index in [1.54, 1.807) is 19.3 Å². The summed E-state index contributed by atoms with van der Waals surface area (Å²) in [4.78, 5) is 12.2. The fourth-order valence-corrected chi connectivity index (χ4v) is 2.86. The van der Waals surface area contributed by atoms with E-state index in [1.165, 1.54) is 0 Å². The molecule has 5 nitrogen and oxygen atoms in total. The van der Waals surface area contributed by atoms with Crippen LogP contribution in [0.25, 0.3) is 21.9 Å². The van der Waals surface area contributed by atoms with Gasteiger partial charge in [-0.05, 0) is 32.4 Å². The Labute approximate surface area is 121 Å². The first-order chi connectivity index (χ1) is 9.97. The second-order valence-electron chi connectivity index (χ2n) is 5.15. The van der Waals surface area contributed by atoms with Gasteiger partial charge in [-0.25, -0.2) is 4.79 Å². The van der Waals surface area contributed by atoms with Crippen LogP contribution in [0.4, 0.5) is 0 Å². The second kappa shape index (κ2) is 4.55. The van der Waals surface area contributed by atoms with E-state index in [2.05, 4.69) is 0 Å². The molecule has 3 rings (SSSR count). The molecule has 1 aromatic carbocycles. The van der Waals surface area contributed by atoms with Gasteiger partial charge in [0.05, 0.1) is 29.3 Å². The van der Waals surface area contributed by atoms with Crippen molar-refractivity contribution in [1.29, 1.82) is 0 Å². The summed E-state index contributed by atoms with van der Waals surface area (Å²) >= 11 is 0. The Balaban J connectivity index is 2.49. The third kappa shape index (κ3) is 1.73. The summed E-state index contributed by atoms with van der Waals surface area (Å²) in [6.45, 7) is 5.86. The number of fused-ring (bicyclic) bond motifs is 3. The standard InChI is InChI=1S/C16H17NO4/c1-5-20-16(19)13-9(3)17(4)14-10(13)6-11(18)15-12(14)8(2)7-21-15/h6-7,18H,5H2,1-4H3. The molecule has 0 bridgehead atoms. The number of phenolic OH excluding ortho intramolecular Hbond substituents is 1. The van der Waals surface area contributed by atoms with Crippen LogP contribution >= 0.6 is 0 Å². The molecule has 0 aliphatic heterocycles. The van der Waals surface area contributed by atoms with Crippen LogP contribution in [0.1, 0.15) is 28.5 Å². The maximum atomic E-state index is 12.2. The summed E-state index contributed by atoms with van der Waals surface area (Å²) in [5.41, 5.74) is 3.52. The minimum Gasteiger partial charge on any atom is -0.504 e. The van der Waals surface area contributed by atoms with Gasteiger partial charge in [0.1, 0.15) is 0 Å². The SMILES string of the molecule is CCOC(=O)c1c(C)n(C)c2c1cc(O)c1occ(C)c12. The lowest BCUT2D eigenvalue weighted by Gasteiger charge is -2.02. The number of ether oxygens (including phenoxy) is 1. The first-order valence-electron chi connectivity index (χ1n) is 6.83. The maximum absolute atomic E-state index is 12.2.